The van der Waals surface area contributed by atoms with Crippen molar-refractivity contribution in [2.24, 2.45) is 0 Å². The van der Waals surface area contributed by atoms with Crippen LogP contribution in [0.3, 0.4) is 0 Å². The first-order valence-electron chi connectivity index (χ1n) is 5.95. The summed E-state index contributed by atoms with van der Waals surface area (Å²) in [5, 5.41) is 0.0931. The van der Waals surface area contributed by atoms with E-state index in [2.05, 4.69) is 0 Å². The smallest absolute Gasteiger partial charge is 0.257 e. The molecule has 1 aliphatic heterocycles. The summed E-state index contributed by atoms with van der Waals surface area (Å²) in [5.74, 6) is -2.73. The van der Waals surface area contributed by atoms with Gasteiger partial charge in [0.1, 0.15) is 0 Å². The van der Waals surface area contributed by atoms with E-state index in [9.17, 15) is 13.6 Å². The lowest BCUT2D eigenvalue weighted by atomic mass is 10.0. The van der Waals surface area contributed by atoms with Gasteiger partial charge in [-0.15, -0.1) is 0 Å². The summed E-state index contributed by atoms with van der Waals surface area (Å²) in [6.07, 6.45) is 0. The van der Waals surface area contributed by atoms with Crippen molar-refractivity contribution in [1.82, 2.24) is 4.90 Å². The van der Waals surface area contributed by atoms with Crippen LogP contribution in [0.5, 0.6) is 0 Å². The second-order valence-corrected chi connectivity index (χ2v) is 4.85. The largest absolute Gasteiger partial charge is 0.378 e. The summed E-state index contributed by atoms with van der Waals surface area (Å²) >= 11 is 5.94. The lowest BCUT2D eigenvalue weighted by Gasteiger charge is -2.28. The first-order valence-corrected chi connectivity index (χ1v) is 6.33. The van der Waals surface area contributed by atoms with Gasteiger partial charge in [-0.05, 0) is 19.4 Å². The van der Waals surface area contributed by atoms with Gasteiger partial charge in [0.2, 0.25) is 0 Å². The molecule has 0 radical (unpaired) electrons. The molecule has 1 amide bonds. The molecule has 0 aromatic heterocycles. The number of nitrogens with zero attached hydrogens (tertiary/aromatic N) is 1. The van der Waals surface area contributed by atoms with Crippen LogP contribution in [0.25, 0.3) is 0 Å². The maximum Gasteiger partial charge on any atom is 0.257 e. The van der Waals surface area contributed by atoms with Gasteiger partial charge in [0.05, 0.1) is 23.8 Å². The zero-order valence-corrected chi connectivity index (χ0v) is 11.5. The van der Waals surface area contributed by atoms with Gasteiger partial charge < -0.3 is 9.64 Å². The number of halogens is 3. The average Bonchev–Trinajstić information content (AvgIpc) is 2.44. The van der Waals surface area contributed by atoms with Gasteiger partial charge in [-0.25, -0.2) is 8.78 Å². The van der Waals surface area contributed by atoms with Crippen molar-refractivity contribution in [3.05, 3.63) is 33.3 Å². The predicted molar refractivity (Wildman–Crippen MR) is 67.6 cm³/mol. The molecule has 0 bridgehead atoms. The highest BCUT2D eigenvalue weighted by molar-refractivity contribution is 6.32. The third kappa shape index (κ3) is 2.44. The van der Waals surface area contributed by atoms with Crippen LogP contribution in [-0.2, 0) is 4.74 Å². The van der Waals surface area contributed by atoms with Gasteiger partial charge in [0.15, 0.2) is 11.6 Å². The van der Waals surface area contributed by atoms with Crippen LogP contribution in [0, 0.1) is 25.5 Å². The molecule has 1 fully saturated rings. The Bertz CT molecular complexity index is 499. The number of hydrogen-bond donors (Lipinski definition) is 0. The normalized spacial score (nSPS) is 15.7. The molecule has 0 spiro atoms. The van der Waals surface area contributed by atoms with Gasteiger partial charge in [0.25, 0.3) is 5.91 Å². The maximum atomic E-state index is 14.0. The van der Waals surface area contributed by atoms with E-state index in [1.54, 1.807) is 0 Å². The number of ether oxygens (including phenoxy) is 1. The van der Waals surface area contributed by atoms with Crippen LogP contribution in [0.2, 0.25) is 5.02 Å². The van der Waals surface area contributed by atoms with Crippen molar-refractivity contribution >= 4 is 17.5 Å². The van der Waals surface area contributed by atoms with E-state index in [1.807, 2.05) is 0 Å². The Hall–Kier alpha value is -1.20. The predicted octanol–water partition coefficient (Wildman–Crippen LogP) is 2.71. The number of benzene rings is 1. The molecule has 1 heterocycles. The van der Waals surface area contributed by atoms with Crippen molar-refractivity contribution < 1.29 is 18.3 Å². The van der Waals surface area contributed by atoms with Crippen molar-refractivity contribution in [1.29, 1.82) is 0 Å². The second kappa shape index (κ2) is 5.43. The van der Waals surface area contributed by atoms with E-state index < -0.39 is 17.5 Å². The van der Waals surface area contributed by atoms with Crippen LogP contribution in [0.15, 0.2) is 0 Å². The monoisotopic (exact) mass is 289 g/mol. The van der Waals surface area contributed by atoms with E-state index >= 15 is 0 Å². The molecule has 1 aromatic carbocycles. The third-order valence-electron chi connectivity index (χ3n) is 3.29. The van der Waals surface area contributed by atoms with E-state index in [0.29, 0.717) is 26.3 Å². The molecule has 1 aromatic rings. The quantitative estimate of drug-likeness (QED) is 0.744. The highest BCUT2D eigenvalue weighted by Crippen LogP contribution is 2.30. The number of amides is 1. The van der Waals surface area contributed by atoms with Crippen LogP contribution < -0.4 is 0 Å². The minimum Gasteiger partial charge on any atom is -0.378 e. The lowest BCUT2D eigenvalue weighted by molar-refractivity contribution is 0.0298. The van der Waals surface area contributed by atoms with Crippen molar-refractivity contribution in [2.75, 3.05) is 26.3 Å². The molecule has 0 N–H and O–H groups in total. The summed E-state index contributed by atoms with van der Waals surface area (Å²) in [6.45, 7) is 4.43. The molecule has 0 atom stereocenters. The fourth-order valence-electron chi connectivity index (χ4n) is 2.11. The Balaban J connectivity index is 2.47. The van der Waals surface area contributed by atoms with Crippen molar-refractivity contribution in [2.45, 2.75) is 13.8 Å². The fraction of sp³-hybridized carbons (Fsp3) is 0.462. The van der Waals surface area contributed by atoms with E-state index in [4.69, 9.17) is 16.3 Å². The molecule has 0 saturated carbocycles. The molecule has 1 aliphatic rings. The first kappa shape index (κ1) is 14.2. The van der Waals surface area contributed by atoms with Crippen LogP contribution >= 0.6 is 11.6 Å². The summed E-state index contributed by atoms with van der Waals surface area (Å²) in [5.41, 5.74) is 0.0137. The zero-order chi connectivity index (χ0) is 14.2. The first-order chi connectivity index (χ1) is 8.95. The molecule has 104 valence electrons. The molecular weight excluding hydrogens is 276 g/mol. The van der Waals surface area contributed by atoms with Gasteiger partial charge in [-0.1, -0.05) is 11.6 Å². The van der Waals surface area contributed by atoms with Crippen molar-refractivity contribution in [3.8, 4) is 0 Å². The Morgan fingerprint density at radius 3 is 2.32 bits per heavy atom. The molecule has 19 heavy (non-hydrogen) atoms. The van der Waals surface area contributed by atoms with Gasteiger partial charge in [-0.3, -0.25) is 4.79 Å². The highest BCUT2D eigenvalue weighted by atomic mass is 35.5. The van der Waals surface area contributed by atoms with Crippen LogP contribution in [0.1, 0.15) is 21.5 Å². The maximum absolute atomic E-state index is 14.0. The number of rotatable bonds is 1. The van der Waals surface area contributed by atoms with Gasteiger partial charge in [0, 0.05) is 18.7 Å². The fourth-order valence-corrected chi connectivity index (χ4v) is 2.28. The second-order valence-electron chi connectivity index (χ2n) is 4.47. The minimum atomic E-state index is -1.13. The number of morpholine rings is 1. The molecule has 2 rings (SSSR count). The molecule has 0 aliphatic carbocycles. The Labute approximate surface area is 115 Å². The highest BCUT2D eigenvalue weighted by Gasteiger charge is 2.28. The number of carbonyl (C=O) groups is 1. The average molecular weight is 290 g/mol. The zero-order valence-electron chi connectivity index (χ0n) is 10.7. The van der Waals surface area contributed by atoms with Gasteiger partial charge >= 0.3 is 0 Å². The Kier molecular flexibility index (Phi) is 4.06. The molecule has 6 heteroatoms. The summed E-state index contributed by atoms with van der Waals surface area (Å²) < 4.78 is 32.8. The standard InChI is InChI=1S/C13H14ClF2NO2/c1-7-9(12(16)11(15)8(2)10(7)14)13(18)17-3-5-19-6-4-17/h3-6H2,1-2H3. The SMILES string of the molecule is Cc1c(F)c(F)c(C(=O)N2CCOCC2)c(C)c1Cl. The lowest BCUT2D eigenvalue weighted by Crippen LogP contribution is -2.41. The number of hydrogen-bond acceptors (Lipinski definition) is 2. The van der Waals surface area contributed by atoms with E-state index in [-0.39, 0.29) is 21.7 Å². The molecule has 0 unspecified atom stereocenters. The van der Waals surface area contributed by atoms with Crippen molar-refractivity contribution in [3.63, 3.8) is 0 Å². The van der Waals surface area contributed by atoms with Crippen LogP contribution in [-0.4, -0.2) is 37.1 Å². The van der Waals surface area contributed by atoms with Gasteiger partial charge in [-0.2, -0.15) is 0 Å². The van der Waals surface area contributed by atoms with E-state index in [0.717, 1.165) is 0 Å². The summed E-state index contributed by atoms with van der Waals surface area (Å²) in [7, 11) is 0. The Morgan fingerprint density at radius 1 is 1.16 bits per heavy atom. The Morgan fingerprint density at radius 2 is 1.74 bits per heavy atom. The molecule has 3 nitrogen and oxygen atoms in total. The third-order valence-corrected chi connectivity index (χ3v) is 3.85. The van der Waals surface area contributed by atoms with Crippen LogP contribution in [0.4, 0.5) is 8.78 Å². The topological polar surface area (TPSA) is 29.5 Å². The molecule has 1 saturated heterocycles. The molecular formula is C13H14ClF2NO2. The number of carbonyl (C=O) groups excluding carboxylic acids is 1. The van der Waals surface area contributed by atoms with E-state index in [1.165, 1.54) is 18.7 Å². The summed E-state index contributed by atoms with van der Waals surface area (Å²) in [6, 6.07) is 0. The summed E-state index contributed by atoms with van der Waals surface area (Å²) in [4.78, 5) is 13.7. The minimum absolute atomic E-state index is 0.0233.